The van der Waals surface area contributed by atoms with Crippen LogP contribution in [0.25, 0.3) is 0 Å². The smallest absolute Gasteiger partial charge is 0.306 e. The van der Waals surface area contributed by atoms with Crippen molar-refractivity contribution in [1.82, 2.24) is 0 Å². The van der Waals surface area contributed by atoms with Gasteiger partial charge in [0.2, 0.25) is 0 Å². The van der Waals surface area contributed by atoms with E-state index < -0.39 is 6.10 Å². The molecule has 0 saturated heterocycles. The standard InChI is InChI=1S/C77H142O6/c1-4-7-10-13-16-19-22-24-26-28-30-32-34-35-36-37-38-39-40-41-43-44-46-48-50-52-55-58-61-64-67-70-76(79)82-73-74(72-81-75(78)69-66-63-60-57-54-21-18-15-12-9-6-3)83-77(80)71-68-65-62-59-56-53-51-49-47-45-42-33-31-29-27-25-23-20-17-14-11-8-5-2/h15,18,23,25,28-31,74H,4-14,16-17,19-22,24,26-27,32-73H2,1-3H3/b18-15-,25-23-,30-28-,31-29-. The van der Waals surface area contributed by atoms with Crippen LogP contribution < -0.4 is 0 Å². The van der Waals surface area contributed by atoms with Gasteiger partial charge in [-0.1, -0.05) is 339 Å². The number of hydrogen-bond donors (Lipinski definition) is 0. The largest absolute Gasteiger partial charge is 0.462 e. The van der Waals surface area contributed by atoms with Crippen LogP contribution in [0.15, 0.2) is 48.6 Å². The lowest BCUT2D eigenvalue weighted by Crippen LogP contribution is -2.30. The minimum Gasteiger partial charge on any atom is -0.462 e. The summed E-state index contributed by atoms with van der Waals surface area (Å²) in [5.41, 5.74) is 0. The zero-order valence-corrected chi connectivity index (χ0v) is 56.0. The Morgan fingerprint density at radius 1 is 0.241 bits per heavy atom. The first-order chi connectivity index (χ1) is 41.0. The Labute approximate surface area is 518 Å². The lowest BCUT2D eigenvalue weighted by atomic mass is 10.0. The number of unbranched alkanes of at least 4 members (excludes halogenated alkanes) is 50. The summed E-state index contributed by atoms with van der Waals surface area (Å²) in [4.78, 5) is 38.4. The Kier molecular flexibility index (Phi) is 69.6. The van der Waals surface area contributed by atoms with E-state index in [0.29, 0.717) is 19.3 Å². The van der Waals surface area contributed by atoms with Crippen LogP contribution in [-0.4, -0.2) is 37.2 Å². The van der Waals surface area contributed by atoms with Gasteiger partial charge >= 0.3 is 17.9 Å². The number of ether oxygens (including phenoxy) is 3. The molecule has 0 heterocycles. The van der Waals surface area contributed by atoms with E-state index >= 15 is 0 Å². The third-order valence-electron chi connectivity index (χ3n) is 16.8. The van der Waals surface area contributed by atoms with Crippen molar-refractivity contribution in [3.63, 3.8) is 0 Å². The Morgan fingerprint density at radius 3 is 0.711 bits per heavy atom. The molecule has 1 unspecified atom stereocenters. The molecular weight excluding hydrogens is 1020 g/mol. The number of hydrogen-bond acceptors (Lipinski definition) is 6. The highest BCUT2D eigenvalue weighted by atomic mass is 16.6. The fraction of sp³-hybridized carbons (Fsp3) is 0.857. The van der Waals surface area contributed by atoms with Crippen LogP contribution in [0.1, 0.15) is 406 Å². The maximum atomic E-state index is 12.9. The van der Waals surface area contributed by atoms with E-state index in [1.54, 1.807) is 0 Å². The zero-order valence-electron chi connectivity index (χ0n) is 56.0. The van der Waals surface area contributed by atoms with E-state index in [4.69, 9.17) is 14.2 Å². The topological polar surface area (TPSA) is 78.9 Å². The third kappa shape index (κ3) is 70.0. The Morgan fingerprint density at radius 2 is 0.446 bits per heavy atom. The van der Waals surface area contributed by atoms with Crippen LogP contribution in [0.2, 0.25) is 0 Å². The van der Waals surface area contributed by atoms with Crippen LogP contribution in [0, 0.1) is 0 Å². The van der Waals surface area contributed by atoms with E-state index in [0.717, 1.165) is 70.6 Å². The Bertz CT molecular complexity index is 1430. The lowest BCUT2D eigenvalue weighted by molar-refractivity contribution is -0.167. The van der Waals surface area contributed by atoms with Crippen molar-refractivity contribution in [2.75, 3.05) is 13.2 Å². The molecule has 0 aliphatic rings. The SMILES string of the molecule is CCCC/C=C\CCCCCCCC(=O)OCC(COC(=O)CCCCCCCCCCCCCCCCCCCCC/C=C\CCCCCCCCCC)OC(=O)CCCCCCCCCCCCC/C=C\C/C=C\CCCCCCC. The molecule has 486 valence electrons. The zero-order chi connectivity index (χ0) is 59.9. The Hall–Kier alpha value is -2.63. The van der Waals surface area contributed by atoms with E-state index in [2.05, 4.69) is 69.4 Å². The van der Waals surface area contributed by atoms with Crippen LogP contribution >= 0.6 is 0 Å². The number of carbonyl (C=O) groups excluding carboxylic acids is 3. The van der Waals surface area contributed by atoms with Gasteiger partial charge in [0.25, 0.3) is 0 Å². The fourth-order valence-electron chi connectivity index (χ4n) is 11.2. The first-order valence-electron chi connectivity index (χ1n) is 37.1. The quantitative estimate of drug-likeness (QED) is 0.0261. The van der Waals surface area contributed by atoms with E-state index in [1.165, 1.54) is 295 Å². The van der Waals surface area contributed by atoms with Gasteiger partial charge in [0.05, 0.1) is 0 Å². The minimum absolute atomic E-state index is 0.0724. The molecule has 0 spiro atoms. The number of rotatable bonds is 69. The molecule has 0 aliphatic heterocycles. The predicted molar refractivity (Wildman–Crippen MR) is 362 cm³/mol. The lowest BCUT2D eigenvalue weighted by Gasteiger charge is -2.18. The molecule has 0 fully saturated rings. The monoisotopic (exact) mass is 1160 g/mol. The number of allylic oxidation sites excluding steroid dienone is 8. The van der Waals surface area contributed by atoms with Crippen molar-refractivity contribution in [3.05, 3.63) is 48.6 Å². The van der Waals surface area contributed by atoms with Gasteiger partial charge in [0, 0.05) is 19.3 Å². The van der Waals surface area contributed by atoms with Gasteiger partial charge in [-0.25, -0.2) is 0 Å². The van der Waals surface area contributed by atoms with Crippen molar-refractivity contribution in [1.29, 1.82) is 0 Å². The summed E-state index contributed by atoms with van der Waals surface area (Å²) in [5, 5.41) is 0. The normalized spacial score (nSPS) is 12.3. The molecule has 6 heteroatoms. The molecule has 0 rings (SSSR count). The molecular formula is C77H142O6. The molecule has 0 bridgehead atoms. The molecule has 0 aromatic carbocycles. The average molecular weight is 1160 g/mol. The van der Waals surface area contributed by atoms with Crippen molar-refractivity contribution in [3.8, 4) is 0 Å². The summed E-state index contributed by atoms with van der Waals surface area (Å²) < 4.78 is 17.0. The van der Waals surface area contributed by atoms with Crippen molar-refractivity contribution in [2.24, 2.45) is 0 Å². The highest BCUT2D eigenvalue weighted by Gasteiger charge is 2.19. The molecule has 0 N–H and O–H groups in total. The van der Waals surface area contributed by atoms with Gasteiger partial charge in [-0.3, -0.25) is 14.4 Å². The summed E-state index contributed by atoms with van der Waals surface area (Å²) in [5.74, 6) is -0.859. The van der Waals surface area contributed by atoms with Crippen LogP contribution in [0.3, 0.4) is 0 Å². The minimum atomic E-state index is -0.777. The second-order valence-corrected chi connectivity index (χ2v) is 25.2. The molecule has 0 saturated carbocycles. The average Bonchev–Trinajstić information content (AvgIpc) is 3.48. The van der Waals surface area contributed by atoms with Gasteiger partial charge in [0.15, 0.2) is 6.10 Å². The Balaban J connectivity index is 4.13. The van der Waals surface area contributed by atoms with Crippen LogP contribution in [-0.2, 0) is 28.6 Å². The second-order valence-electron chi connectivity index (χ2n) is 25.2. The van der Waals surface area contributed by atoms with Gasteiger partial charge in [-0.15, -0.1) is 0 Å². The molecule has 0 radical (unpaired) electrons. The molecule has 83 heavy (non-hydrogen) atoms. The molecule has 0 amide bonds. The van der Waals surface area contributed by atoms with Gasteiger partial charge in [-0.05, 0) is 96.3 Å². The van der Waals surface area contributed by atoms with Gasteiger partial charge < -0.3 is 14.2 Å². The molecule has 0 aromatic rings. The van der Waals surface area contributed by atoms with Crippen LogP contribution in [0.4, 0.5) is 0 Å². The van der Waals surface area contributed by atoms with Crippen LogP contribution in [0.5, 0.6) is 0 Å². The highest BCUT2D eigenvalue weighted by molar-refractivity contribution is 5.71. The van der Waals surface area contributed by atoms with Crippen molar-refractivity contribution < 1.29 is 28.6 Å². The third-order valence-corrected chi connectivity index (χ3v) is 16.8. The van der Waals surface area contributed by atoms with E-state index in [1.807, 2.05) is 0 Å². The molecule has 1 atom stereocenters. The molecule has 0 aromatic heterocycles. The first kappa shape index (κ1) is 80.4. The highest BCUT2D eigenvalue weighted by Crippen LogP contribution is 2.18. The summed E-state index contributed by atoms with van der Waals surface area (Å²) >= 11 is 0. The summed E-state index contributed by atoms with van der Waals surface area (Å²) in [6.45, 7) is 6.65. The van der Waals surface area contributed by atoms with Crippen molar-refractivity contribution in [2.45, 2.75) is 412 Å². The van der Waals surface area contributed by atoms with Crippen molar-refractivity contribution >= 4 is 17.9 Å². The van der Waals surface area contributed by atoms with Gasteiger partial charge in [0.1, 0.15) is 13.2 Å². The predicted octanol–water partition coefficient (Wildman–Crippen LogP) is 25.7. The molecule has 0 aliphatic carbocycles. The van der Waals surface area contributed by atoms with Gasteiger partial charge in [-0.2, -0.15) is 0 Å². The maximum absolute atomic E-state index is 12.9. The number of esters is 3. The first-order valence-corrected chi connectivity index (χ1v) is 37.1. The van der Waals surface area contributed by atoms with E-state index in [9.17, 15) is 14.4 Å². The summed E-state index contributed by atoms with van der Waals surface area (Å²) in [7, 11) is 0. The number of carbonyl (C=O) groups is 3. The second kappa shape index (κ2) is 71.8. The fourth-order valence-corrected chi connectivity index (χ4v) is 11.2. The maximum Gasteiger partial charge on any atom is 0.306 e. The molecule has 6 nitrogen and oxygen atoms in total. The summed E-state index contributed by atoms with van der Waals surface area (Å²) in [6.07, 6.45) is 91.7. The summed E-state index contributed by atoms with van der Waals surface area (Å²) in [6, 6.07) is 0. The van der Waals surface area contributed by atoms with E-state index in [-0.39, 0.29) is 31.1 Å².